The Morgan fingerprint density at radius 2 is 0.466 bits per heavy atom. The number of ether oxygens (including phenoxy) is 4. The molecule has 0 aliphatic carbocycles. The maximum absolute atomic E-state index is 13.1. The summed E-state index contributed by atoms with van der Waals surface area (Å²) in [6.45, 7) is 7.40. The Kier molecular flexibility index (Phi) is 75.4. The van der Waals surface area contributed by atoms with Gasteiger partial charge in [0.2, 0.25) is 0 Å². The average Bonchev–Trinajstić information content (AvgIpc) is 0.921. The van der Waals surface area contributed by atoms with Gasteiger partial charge in [-0.15, -0.1) is 0 Å². The van der Waals surface area contributed by atoms with Crippen LogP contribution in [0.1, 0.15) is 452 Å². The highest BCUT2D eigenvalue weighted by Crippen LogP contribution is 2.45. The fourth-order valence-corrected chi connectivity index (χ4v) is 14.7. The lowest BCUT2D eigenvalue weighted by molar-refractivity contribution is -0.161. The lowest BCUT2D eigenvalue weighted by Crippen LogP contribution is -2.30. The summed E-state index contributed by atoms with van der Waals surface area (Å²) in [4.78, 5) is 73.1. The maximum atomic E-state index is 13.1. The number of carbonyl (C=O) groups excluding carboxylic acids is 4. The average molecular weight is 1510 g/mol. The number of esters is 4. The van der Waals surface area contributed by atoms with Crippen LogP contribution in [0.15, 0.2) is 0 Å². The first-order valence-electron chi connectivity index (χ1n) is 43.7. The van der Waals surface area contributed by atoms with Gasteiger partial charge in [-0.05, 0) is 31.6 Å². The molecule has 0 aromatic rings. The fraction of sp³-hybridized carbons (Fsp3) is 0.952. The molecule has 0 aromatic carbocycles. The zero-order chi connectivity index (χ0) is 75.5. The van der Waals surface area contributed by atoms with Gasteiger partial charge in [0.05, 0.1) is 26.4 Å². The highest BCUT2D eigenvalue weighted by atomic mass is 31.2. The van der Waals surface area contributed by atoms with Gasteiger partial charge in [0.1, 0.15) is 19.3 Å². The summed E-state index contributed by atoms with van der Waals surface area (Å²) in [5, 5.41) is 10.7. The molecule has 0 saturated heterocycles. The number of phosphoric ester groups is 2. The standard InChI is InChI=1S/C84H164O17P2/c1-6-10-13-16-19-22-25-27-28-29-30-34-37-40-44-48-53-58-63-68-82(87)95-74-80(101-84(89)70-65-60-55-50-45-41-38-35-32-31-33-36-39-42-46-51-56-61-66-77(5)9-4)76-99-103(92,93)97-72-78(85)71-96-102(90,91)98-75-79(73-94-81(86)67-62-57-52-47-24-21-18-15-12-8-3)100-83(88)69-64-59-54-49-43-26-23-20-17-14-11-7-2/h77-80,85H,6-76H2,1-5H3,(H,90,91)(H,92,93)/t77?,78-,79+,80+/m0/s1. The number of hydrogen-bond donors (Lipinski definition) is 3. The highest BCUT2D eigenvalue weighted by molar-refractivity contribution is 7.47. The summed E-state index contributed by atoms with van der Waals surface area (Å²) in [6.07, 6.45) is 69.4. The third kappa shape index (κ3) is 76.6. The monoisotopic (exact) mass is 1510 g/mol. The van der Waals surface area contributed by atoms with Crippen LogP contribution in [0.2, 0.25) is 0 Å². The molecule has 0 amide bonds. The molecule has 0 fully saturated rings. The minimum absolute atomic E-state index is 0.108. The first-order chi connectivity index (χ1) is 50.1. The zero-order valence-electron chi connectivity index (χ0n) is 67.5. The predicted octanol–water partition coefficient (Wildman–Crippen LogP) is 25.6. The summed E-state index contributed by atoms with van der Waals surface area (Å²) in [7, 11) is -9.92. The van der Waals surface area contributed by atoms with Crippen molar-refractivity contribution in [3.63, 3.8) is 0 Å². The summed E-state index contributed by atoms with van der Waals surface area (Å²) in [6, 6.07) is 0. The second kappa shape index (κ2) is 76.8. The number of unbranched alkanes of at least 4 members (excludes halogenated alkanes) is 55. The Hall–Kier alpha value is -1.94. The van der Waals surface area contributed by atoms with E-state index in [2.05, 4.69) is 34.6 Å². The van der Waals surface area contributed by atoms with Crippen LogP contribution in [0.5, 0.6) is 0 Å². The topological polar surface area (TPSA) is 237 Å². The lowest BCUT2D eigenvalue weighted by Gasteiger charge is -2.21. The van der Waals surface area contributed by atoms with Crippen molar-refractivity contribution in [2.24, 2.45) is 5.92 Å². The molecule has 19 heteroatoms. The molecule has 6 atom stereocenters. The normalized spacial score (nSPS) is 14.1. The first kappa shape index (κ1) is 101. The van der Waals surface area contributed by atoms with Crippen LogP contribution >= 0.6 is 15.6 Å². The minimum Gasteiger partial charge on any atom is -0.462 e. The van der Waals surface area contributed by atoms with Gasteiger partial charge in [0.15, 0.2) is 12.2 Å². The van der Waals surface area contributed by atoms with Gasteiger partial charge in [-0.2, -0.15) is 0 Å². The van der Waals surface area contributed by atoms with Gasteiger partial charge in [-0.3, -0.25) is 37.3 Å². The smallest absolute Gasteiger partial charge is 0.462 e. The van der Waals surface area contributed by atoms with Crippen molar-refractivity contribution < 1.29 is 80.2 Å². The van der Waals surface area contributed by atoms with Crippen molar-refractivity contribution in [3.05, 3.63) is 0 Å². The van der Waals surface area contributed by atoms with Gasteiger partial charge in [0.25, 0.3) is 0 Å². The molecular weight excluding hydrogens is 1340 g/mol. The molecule has 0 spiro atoms. The Morgan fingerprint density at radius 1 is 0.272 bits per heavy atom. The molecule has 3 unspecified atom stereocenters. The number of phosphoric acid groups is 2. The third-order valence-electron chi connectivity index (χ3n) is 20.1. The fourth-order valence-electron chi connectivity index (χ4n) is 13.1. The van der Waals surface area contributed by atoms with Crippen molar-refractivity contribution in [2.45, 2.75) is 470 Å². The largest absolute Gasteiger partial charge is 0.472 e. The van der Waals surface area contributed by atoms with Gasteiger partial charge in [-0.1, -0.05) is 401 Å². The van der Waals surface area contributed by atoms with Gasteiger partial charge < -0.3 is 33.8 Å². The molecule has 0 heterocycles. The van der Waals surface area contributed by atoms with Crippen LogP contribution < -0.4 is 0 Å². The van der Waals surface area contributed by atoms with Crippen molar-refractivity contribution in [2.75, 3.05) is 39.6 Å². The second-order valence-electron chi connectivity index (χ2n) is 30.5. The number of aliphatic hydroxyl groups excluding tert-OH is 1. The summed E-state index contributed by atoms with van der Waals surface area (Å²) in [5.74, 6) is -1.23. The predicted molar refractivity (Wildman–Crippen MR) is 423 cm³/mol. The molecule has 103 heavy (non-hydrogen) atoms. The highest BCUT2D eigenvalue weighted by Gasteiger charge is 2.30. The Labute approximate surface area is 632 Å². The molecular formula is C84H164O17P2. The lowest BCUT2D eigenvalue weighted by atomic mass is 9.99. The maximum Gasteiger partial charge on any atom is 0.472 e. The molecule has 17 nitrogen and oxygen atoms in total. The minimum atomic E-state index is -4.96. The van der Waals surface area contributed by atoms with Crippen LogP contribution in [0, 0.1) is 5.92 Å². The van der Waals surface area contributed by atoms with Gasteiger partial charge in [0, 0.05) is 25.7 Å². The van der Waals surface area contributed by atoms with Crippen molar-refractivity contribution in [3.8, 4) is 0 Å². The van der Waals surface area contributed by atoms with Crippen molar-refractivity contribution >= 4 is 39.5 Å². The van der Waals surface area contributed by atoms with Crippen molar-refractivity contribution in [1.82, 2.24) is 0 Å². The first-order valence-corrected chi connectivity index (χ1v) is 46.7. The van der Waals surface area contributed by atoms with E-state index in [-0.39, 0.29) is 25.7 Å². The molecule has 0 aliphatic rings. The molecule has 612 valence electrons. The van der Waals surface area contributed by atoms with E-state index in [1.54, 1.807) is 0 Å². The van der Waals surface area contributed by atoms with Crippen LogP contribution in [0.25, 0.3) is 0 Å². The number of aliphatic hydroxyl groups is 1. The Morgan fingerprint density at radius 3 is 0.689 bits per heavy atom. The molecule has 0 aliphatic heterocycles. The summed E-state index contributed by atoms with van der Waals surface area (Å²) < 4.78 is 68.8. The Bertz CT molecular complexity index is 1960. The summed E-state index contributed by atoms with van der Waals surface area (Å²) in [5.41, 5.74) is 0. The number of hydrogen-bond acceptors (Lipinski definition) is 15. The van der Waals surface area contributed by atoms with E-state index in [1.807, 2.05) is 0 Å². The van der Waals surface area contributed by atoms with Crippen LogP contribution in [-0.4, -0.2) is 96.7 Å². The molecule has 0 radical (unpaired) electrons. The molecule has 0 saturated carbocycles. The summed E-state index contributed by atoms with van der Waals surface area (Å²) >= 11 is 0. The van der Waals surface area contributed by atoms with E-state index in [0.29, 0.717) is 25.7 Å². The number of carbonyl (C=O) groups is 4. The van der Waals surface area contributed by atoms with E-state index in [1.165, 1.54) is 276 Å². The molecule has 0 rings (SSSR count). The number of rotatable bonds is 84. The van der Waals surface area contributed by atoms with Gasteiger partial charge >= 0.3 is 39.5 Å². The SMILES string of the molecule is CCCCCCCCCCCCCCCCCCCCCC(=O)OC[C@H](COP(=O)(O)OC[C@@H](O)COP(=O)(O)OC[C@@H](COC(=O)CCCCCCCCCCCC)OC(=O)CCCCCCCCCCCCCC)OC(=O)CCCCCCCCCCCCCCCCCCCCC(C)CC. The van der Waals surface area contributed by atoms with E-state index in [9.17, 15) is 43.2 Å². The third-order valence-corrected chi connectivity index (χ3v) is 22.0. The zero-order valence-corrected chi connectivity index (χ0v) is 69.3. The van der Waals surface area contributed by atoms with E-state index in [4.69, 9.17) is 37.0 Å². The van der Waals surface area contributed by atoms with E-state index >= 15 is 0 Å². The van der Waals surface area contributed by atoms with Crippen LogP contribution in [-0.2, 0) is 65.4 Å². The molecule has 0 aromatic heterocycles. The van der Waals surface area contributed by atoms with E-state index < -0.39 is 97.5 Å². The molecule has 0 bridgehead atoms. The quantitative estimate of drug-likeness (QED) is 0.0222. The van der Waals surface area contributed by atoms with Crippen molar-refractivity contribution in [1.29, 1.82) is 0 Å². The Balaban J connectivity index is 5.20. The molecule has 3 N–H and O–H groups in total. The van der Waals surface area contributed by atoms with Crippen LogP contribution in [0.3, 0.4) is 0 Å². The van der Waals surface area contributed by atoms with Crippen LogP contribution in [0.4, 0.5) is 0 Å². The second-order valence-corrected chi connectivity index (χ2v) is 33.4. The van der Waals surface area contributed by atoms with E-state index in [0.717, 1.165) is 95.8 Å². The van der Waals surface area contributed by atoms with Gasteiger partial charge in [-0.25, -0.2) is 9.13 Å².